The number of hydrogen-bond donors (Lipinski definition) is 4. The van der Waals surface area contributed by atoms with Gasteiger partial charge in [-0.1, -0.05) is 231 Å². The normalized spacial score (nSPS) is 13.6. The number of amides is 1. The molecule has 378 valence electrons. The molecule has 64 heavy (non-hydrogen) atoms. The number of ether oxygens (including phenoxy) is 1. The van der Waals surface area contributed by atoms with Crippen LogP contribution < -0.4 is 5.32 Å². The summed E-state index contributed by atoms with van der Waals surface area (Å²) in [6.45, 7) is 2.64. The number of nitrogens with one attached hydrogen (secondary N) is 1. The fourth-order valence-corrected chi connectivity index (χ4v) is 8.67. The van der Waals surface area contributed by atoms with Crippen LogP contribution in [0.15, 0.2) is 12.2 Å². The van der Waals surface area contributed by atoms with Crippen molar-refractivity contribution in [1.82, 2.24) is 5.32 Å². The Labute approximate surface area is 392 Å². The fourth-order valence-electron chi connectivity index (χ4n) is 7.90. The number of carbonyl (C=O) groups excluding carboxylic acids is 2. The zero-order valence-electron chi connectivity index (χ0n) is 41.4. The summed E-state index contributed by atoms with van der Waals surface area (Å²) in [5, 5.41) is 21.9. The van der Waals surface area contributed by atoms with Crippen molar-refractivity contribution >= 4 is 25.7 Å². The summed E-state index contributed by atoms with van der Waals surface area (Å²) in [6, 6.07) is -1.54. The largest absolute Gasteiger partial charge is 0.480 e. The Balaban J connectivity index is 3.77. The number of esters is 1. The topological polar surface area (TPSA) is 169 Å². The Kier molecular flexibility index (Phi) is 46.4. The molecule has 0 rings (SSSR count). The molecule has 0 aromatic rings. The predicted octanol–water partition coefficient (Wildman–Crippen LogP) is 14.8. The summed E-state index contributed by atoms with van der Waals surface area (Å²) in [5.74, 6) is -2.36. The molecule has 0 aliphatic carbocycles. The number of rotatable bonds is 51. The molecular weight excluding hydrogens is 830 g/mol. The molecule has 0 radical (unpaired) electrons. The van der Waals surface area contributed by atoms with Crippen molar-refractivity contribution in [2.45, 2.75) is 283 Å². The van der Waals surface area contributed by atoms with Gasteiger partial charge >= 0.3 is 19.8 Å². The lowest BCUT2D eigenvalue weighted by Crippen LogP contribution is -2.43. The van der Waals surface area contributed by atoms with E-state index >= 15 is 0 Å². The van der Waals surface area contributed by atoms with Crippen molar-refractivity contribution in [3.63, 3.8) is 0 Å². The average Bonchev–Trinajstić information content (AvgIpc) is 3.27. The van der Waals surface area contributed by atoms with E-state index in [1.165, 1.54) is 186 Å². The zero-order valence-corrected chi connectivity index (χ0v) is 42.3. The van der Waals surface area contributed by atoms with Crippen molar-refractivity contribution in [2.75, 3.05) is 19.8 Å². The molecule has 0 fully saturated rings. The van der Waals surface area contributed by atoms with Gasteiger partial charge in [0.1, 0.15) is 12.7 Å². The van der Waals surface area contributed by atoms with E-state index in [0.29, 0.717) is 12.8 Å². The van der Waals surface area contributed by atoms with Gasteiger partial charge in [0, 0.05) is 12.8 Å². The van der Waals surface area contributed by atoms with E-state index in [1.807, 2.05) is 0 Å². The van der Waals surface area contributed by atoms with Gasteiger partial charge in [-0.15, -0.1) is 0 Å². The first-order valence-electron chi connectivity index (χ1n) is 26.7. The third kappa shape index (κ3) is 46.7. The van der Waals surface area contributed by atoms with Crippen molar-refractivity contribution in [1.29, 1.82) is 0 Å². The van der Waals surface area contributed by atoms with Gasteiger partial charge in [0.25, 0.3) is 0 Å². The van der Waals surface area contributed by atoms with Crippen molar-refractivity contribution < 1.29 is 47.8 Å². The molecule has 3 atom stereocenters. The molecule has 0 saturated carbocycles. The van der Waals surface area contributed by atoms with Crippen LogP contribution in [-0.2, 0) is 32.7 Å². The SMILES string of the molecule is CCCCCCCC/C=C\CCCCCCCCCC(=O)OCC(O)COP(=O)(O)OCC(NC(=O)CCCCCCCCCCCCCCCCCCCCCCCCC)C(=O)O. The number of aliphatic hydroxyl groups excluding tert-OH is 1. The fraction of sp³-hybridized carbons (Fsp3) is 0.904. The summed E-state index contributed by atoms with van der Waals surface area (Å²) in [6.07, 6.45) is 50.9. The first-order chi connectivity index (χ1) is 31.1. The van der Waals surface area contributed by atoms with E-state index in [0.717, 1.165) is 44.9 Å². The molecule has 0 spiro atoms. The van der Waals surface area contributed by atoms with Gasteiger partial charge < -0.3 is 25.2 Å². The number of carboxylic acids is 1. The predicted molar refractivity (Wildman–Crippen MR) is 263 cm³/mol. The summed E-state index contributed by atoms with van der Waals surface area (Å²) < 4.78 is 27.0. The molecular formula is C52H100NO10P. The highest BCUT2D eigenvalue weighted by molar-refractivity contribution is 7.47. The van der Waals surface area contributed by atoms with Gasteiger partial charge in [-0.2, -0.15) is 0 Å². The Morgan fingerprint density at radius 1 is 0.484 bits per heavy atom. The molecule has 4 N–H and O–H groups in total. The Hall–Kier alpha value is -1.78. The standard InChI is InChI=1S/C52H100NO10P/c1-3-5-7-9-11-13-15-17-19-21-22-23-24-25-26-28-29-31-33-35-37-39-41-43-50(55)53-49(52(57)58)47-63-64(59,60)62-46-48(54)45-61-51(56)44-42-40-38-36-34-32-30-27-20-18-16-14-12-10-8-6-4-2/h18,20,48-49,54H,3-17,19,21-47H2,1-2H3,(H,53,55)(H,57,58)(H,59,60)/b20-18-. The first-order valence-corrected chi connectivity index (χ1v) is 28.2. The number of unbranched alkanes of at least 4 members (excludes halogenated alkanes) is 35. The van der Waals surface area contributed by atoms with Crippen LogP contribution in [0.25, 0.3) is 0 Å². The van der Waals surface area contributed by atoms with E-state index in [-0.39, 0.29) is 12.8 Å². The van der Waals surface area contributed by atoms with Crippen LogP contribution in [0.4, 0.5) is 0 Å². The quantitative estimate of drug-likeness (QED) is 0.0199. The molecule has 0 bridgehead atoms. The second-order valence-corrected chi connectivity index (χ2v) is 19.9. The highest BCUT2D eigenvalue weighted by Crippen LogP contribution is 2.43. The maximum atomic E-state index is 12.4. The second-order valence-electron chi connectivity index (χ2n) is 18.4. The number of hydrogen-bond acceptors (Lipinski definition) is 8. The Bertz CT molecular complexity index is 1140. The molecule has 3 unspecified atom stereocenters. The lowest BCUT2D eigenvalue weighted by molar-refractivity contribution is -0.147. The molecule has 12 heteroatoms. The van der Waals surface area contributed by atoms with Gasteiger partial charge in [-0.3, -0.25) is 18.6 Å². The number of carbonyl (C=O) groups is 3. The highest BCUT2D eigenvalue weighted by Gasteiger charge is 2.28. The molecule has 0 aliphatic heterocycles. The molecule has 1 amide bonds. The first kappa shape index (κ1) is 62.2. The van der Waals surface area contributed by atoms with Crippen molar-refractivity contribution in [2.24, 2.45) is 0 Å². The minimum absolute atomic E-state index is 0.152. The lowest BCUT2D eigenvalue weighted by atomic mass is 10.0. The lowest BCUT2D eigenvalue weighted by Gasteiger charge is -2.18. The second kappa shape index (κ2) is 47.7. The van der Waals surface area contributed by atoms with Crippen LogP contribution in [-0.4, -0.2) is 64.9 Å². The molecule has 0 heterocycles. The van der Waals surface area contributed by atoms with Gasteiger partial charge in [0.2, 0.25) is 5.91 Å². The van der Waals surface area contributed by atoms with Gasteiger partial charge in [-0.25, -0.2) is 9.36 Å². The van der Waals surface area contributed by atoms with Crippen LogP contribution in [0.1, 0.15) is 271 Å². The highest BCUT2D eigenvalue weighted by atomic mass is 31.2. The van der Waals surface area contributed by atoms with Gasteiger partial charge in [-0.05, 0) is 38.5 Å². The number of carboxylic acid groups (broad SMARTS) is 1. The van der Waals surface area contributed by atoms with E-state index in [9.17, 15) is 34.1 Å². The third-order valence-electron chi connectivity index (χ3n) is 12.1. The molecule has 0 aromatic carbocycles. The minimum atomic E-state index is -4.76. The van der Waals surface area contributed by atoms with Crippen molar-refractivity contribution in [3.8, 4) is 0 Å². The number of aliphatic hydroxyl groups is 1. The van der Waals surface area contributed by atoms with Crippen LogP contribution in [0, 0.1) is 0 Å². The molecule has 0 saturated heterocycles. The maximum Gasteiger partial charge on any atom is 0.472 e. The third-order valence-corrected chi connectivity index (χ3v) is 13.0. The van der Waals surface area contributed by atoms with E-state index in [2.05, 4.69) is 31.3 Å². The maximum absolute atomic E-state index is 12.4. The number of phosphoric ester groups is 1. The van der Waals surface area contributed by atoms with E-state index in [1.54, 1.807) is 0 Å². The minimum Gasteiger partial charge on any atom is -0.480 e. The van der Waals surface area contributed by atoms with Gasteiger partial charge in [0.05, 0.1) is 13.2 Å². The summed E-state index contributed by atoms with van der Waals surface area (Å²) >= 11 is 0. The summed E-state index contributed by atoms with van der Waals surface area (Å²) in [7, 11) is -4.76. The number of phosphoric acid groups is 1. The summed E-state index contributed by atoms with van der Waals surface area (Å²) in [5.41, 5.74) is 0. The van der Waals surface area contributed by atoms with Crippen LogP contribution >= 0.6 is 7.82 Å². The van der Waals surface area contributed by atoms with Crippen molar-refractivity contribution in [3.05, 3.63) is 12.2 Å². The van der Waals surface area contributed by atoms with Crippen LogP contribution in [0.5, 0.6) is 0 Å². The molecule has 0 aromatic heterocycles. The Morgan fingerprint density at radius 2 is 0.812 bits per heavy atom. The van der Waals surface area contributed by atoms with E-state index < -0.39 is 57.6 Å². The van der Waals surface area contributed by atoms with Crippen LogP contribution in [0.3, 0.4) is 0 Å². The number of allylic oxidation sites excluding steroid dienone is 2. The average molecular weight is 930 g/mol. The van der Waals surface area contributed by atoms with E-state index in [4.69, 9.17) is 13.8 Å². The molecule has 11 nitrogen and oxygen atoms in total. The summed E-state index contributed by atoms with van der Waals surface area (Å²) in [4.78, 5) is 46.1. The zero-order chi connectivity index (χ0) is 47.0. The van der Waals surface area contributed by atoms with Gasteiger partial charge in [0.15, 0.2) is 6.04 Å². The monoisotopic (exact) mass is 930 g/mol. The van der Waals surface area contributed by atoms with Crippen LogP contribution in [0.2, 0.25) is 0 Å². The smallest absolute Gasteiger partial charge is 0.472 e. The number of aliphatic carboxylic acids is 1. The molecule has 0 aliphatic rings. The Morgan fingerprint density at radius 3 is 1.19 bits per heavy atom.